The molecule has 2 rings (SSSR count). The smallest absolute Gasteiger partial charge is 0.240 e. The quantitative estimate of drug-likeness (QED) is 0.372. The highest BCUT2D eigenvalue weighted by atomic mass is 79.9. The van der Waals surface area contributed by atoms with E-state index < -0.39 is 0 Å². The van der Waals surface area contributed by atoms with Crippen molar-refractivity contribution in [3.05, 3.63) is 49.0 Å². The van der Waals surface area contributed by atoms with Gasteiger partial charge < -0.3 is 4.74 Å². The summed E-state index contributed by atoms with van der Waals surface area (Å²) >= 11 is 16.7. The Bertz CT molecular complexity index is 707. The largest absolute Gasteiger partial charge is 0.492 e. The van der Waals surface area contributed by atoms with Gasteiger partial charge in [0.15, 0.2) is 0 Å². The van der Waals surface area contributed by atoms with Crippen molar-refractivity contribution in [1.29, 1.82) is 0 Å². The van der Waals surface area contributed by atoms with Crippen LogP contribution in [-0.4, -0.2) is 18.7 Å². The van der Waals surface area contributed by atoms with Gasteiger partial charge in [0, 0.05) is 16.3 Å². The first-order chi connectivity index (χ1) is 11.0. The molecule has 0 aliphatic carbocycles. The summed E-state index contributed by atoms with van der Waals surface area (Å²) in [6, 6.07) is 8.85. The molecule has 0 saturated heterocycles. The van der Waals surface area contributed by atoms with Gasteiger partial charge in [0.2, 0.25) is 5.91 Å². The maximum Gasteiger partial charge on any atom is 0.240 e. The monoisotopic (exact) mass is 434 g/mol. The summed E-state index contributed by atoms with van der Waals surface area (Å²) < 4.78 is 6.52. The van der Waals surface area contributed by atoms with E-state index in [0.717, 1.165) is 8.66 Å². The molecule has 1 aromatic heterocycles. The predicted octanol–water partition coefficient (Wildman–Crippen LogP) is 5.13. The number of nitrogens with zero attached hydrogens (tertiary/aromatic N) is 1. The molecule has 0 atom stereocenters. The zero-order valence-corrected chi connectivity index (χ0v) is 15.8. The van der Waals surface area contributed by atoms with Gasteiger partial charge in [-0.25, -0.2) is 5.43 Å². The Labute approximate surface area is 156 Å². The van der Waals surface area contributed by atoms with Gasteiger partial charge in [-0.15, -0.1) is 11.3 Å². The van der Waals surface area contributed by atoms with E-state index in [1.807, 2.05) is 12.1 Å². The Morgan fingerprint density at radius 2 is 2.17 bits per heavy atom. The van der Waals surface area contributed by atoms with Crippen LogP contribution in [0.15, 0.2) is 39.2 Å². The molecule has 0 bridgehead atoms. The van der Waals surface area contributed by atoms with Gasteiger partial charge in [-0.05, 0) is 52.7 Å². The maximum absolute atomic E-state index is 11.6. The zero-order valence-electron chi connectivity index (χ0n) is 11.9. The minimum absolute atomic E-state index is 0.164. The summed E-state index contributed by atoms with van der Waals surface area (Å²) in [5.41, 5.74) is 2.48. The van der Waals surface area contributed by atoms with E-state index in [1.165, 1.54) is 11.3 Å². The number of ether oxygens (including phenoxy) is 1. The van der Waals surface area contributed by atoms with Gasteiger partial charge in [0.25, 0.3) is 0 Å². The van der Waals surface area contributed by atoms with Crippen LogP contribution in [0, 0.1) is 0 Å². The number of benzene rings is 1. The van der Waals surface area contributed by atoms with Crippen LogP contribution < -0.4 is 10.2 Å². The molecule has 1 N–H and O–H groups in total. The molecule has 0 radical (unpaired) electrons. The first-order valence-electron chi connectivity index (χ1n) is 6.69. The van der Waals surface area contributed by atoms with Crippen LogP contribution >= 0.6 is 50.5 Å². The van der Waals surface area contributed by atoms with E-state index in [0.29, 0.717) is 35.2 Å². The Morgan fingerprint density at radius 3 is 2.87 bits per heavy atom. The third kappa shape index (κ3) is 6.51. The van der Waals surface area contributed by atoms with E-state index in [-0.39, 0.29) is 5.91 Å². The lowest BCUT2D eigenvalue weighted by molar-refractivity contribution is -0.121. The van der Waals surface area contributed by atoms with Gasteiger partial charge in [-0.1, -0.05) is 23.2 Å². The second-order valence-corrected chi connectivity index (χ2v) is 7.80. The number of halogens is 3. The molecular weight excluding hydrogens is 423 g/mol. The Balaban J connectivity index is 1.65. The highest BCUT2D eigenvalue weighted by molar-refractivity contribution is 9.11. The van der Waals surface area contributed by atoms with Crippen LogP contribution in [0.1, 0.15) is 17.7 Å². The molecule has 1 aromatic carbocycles. The Morgan fingerprint density at radius 1 is 1.35 bits per heavy atom. The normalized spacial score (nSPS) is 10.9. The zero-order chi connectivity index (χ0) is 16.7. The number of nitrogens with one attached hydrogen (secondary N) is 1. The SMILES string of the molecule is O=C(CCCOc1ccc(Cl)cc1Cl)N/N=C\c1ccc(Br)s1. The van der Waals surface area contributed by atoms with Crippen molar-refractivity contribution in [3.8, 4) is 5.75 Å². The molecule has 1 heterocycles. The fourth-order valence-electron chi connectivity index (χ4n) is 1.63. The maximum atomic E-state index is 11.6. The van der Waals surface area contributed by atoms with Crippen molar-refractivity contribution in [2.24, 2.45) is 5.10 Å². The average Bonchev–Trinajstić information content (AvgIpc) is 2.91. The fraction of sp³-hybridized carbons (Fsp3) is 0.200. The second-order valence-electron chi connectivity index (χ2n) is 4.46. The minimum atomic E-state index is -0.164. The molecule has 0 fully saturated rings. The molecule has 0 saturated carbocycles. The third-order valence-corrected chi connectivity index (χ3v) is 4.76. The summed E-state index contributed by atoms with van der Waals surface area (Å²) in [5.74, 6) is 0.389. The summed E-state index contributed by atoms with van der Waals surface area (Å²) in [4.78, 5) is 12.6. The van der Waals surface area contributed by atoms with Crippen molar-refractivity contribution in [3.63, 3.8) is 0 Å². The van der Waals surface area contributed by atoms with E-state index >= 15 is 0 Å². The molecule has 0 unspecified atom stereocenters. The average molecular weight is 436 g/mol. The number of amides is 1. The lowest BCUT2D eigenvalue weighted by Crippen LogP contribution is -2.17. The lowest BCUT2D eigenvalue weighted by Gasteiger charge is -2.07. The van der Waals surface area contributed by atoms with Crippen LogP contribution in [0.4, 0.5) is 0 Å². The van der Waals surface area contributed by atoms with Gasteiger partial charge >= 0.3 is 0 Å². The van der Waals surface area contributed by atoms with Crippen LogP contribution in [0.2, 0.25) is 10.0 Å². The van der Waals surface area contributed by atoms with E-state index in [4.69, 9.17) is 27.9 Å². The number of hydrogen-bond donors (Lipinski definition) is 1. The summed E-state index contributed by atoms with van der Waals surface area (Å²) in [7, 11) is 0. The number of hydrazone groups is 1. The molecule has 23 heavy (non-hydrogen) atoms. The van der Waals surface area contributed by atoms with Crippen molar-refractivity contribution in [2.75, 3.05) is 6.61 Å². The van der Waals surface area contributed by atoms with Crippen LogP contribution in [-0.2, 0) is 4.79 Å². The number of thiophene rings is 1. The third-order valence-electron chi connectivity index (χ3n) is 2.67. The number of rotatable bonds is 7. The molecule has 4 nitrogen and oxygen atoms in total. The van der Waals surface area contributed by atoms with Crippen molar-refractivity contribution < 1.29 is 9.53 Å². The van der Waals surface area contributed by atoms with Gasteiger partial charge in [-0.3, -0.25) is 4.79 Å². The minimum Gasteiger partial charge on any atom is -0.492 e. The Hall–Kier alpha value is -1.08. The van der Waals surface area contributed by atoms with Crippen LogP contribution in [0.25, 0.3) is 0 Å². The van der Waals surface area contributed by atoms with Gasteiger partial charge in [-0.2, -0.15) is 5.10 Å². The topological polar surface area (TPSA) is 50.7 Å². The van der Waals surface area contributed by atoms with Crippen molar-refractivity contribution in [1.82, 2.24) is 5.43 Å². The van der Waals surface area contributed by atoms with Gasteiger partial charge in [0.05, 0.1) is 21.6 Å². The first kappa shape index (κ1) is 18.3. The highest BCUT2D eigenvalue weighted by Gasteiger charge is 2.04. The molecule has 1 amide bonds. The van der Waals surface area contributed by atoms with Gasteiger partial charge in [0.1, 0.15) is 5.75 Å². The highest BCUT2D eigenvalue weighted by Crippen LogP contribution is 2.27. The second kappa shape index (κ2) is 9.27. The lowest BCUT2D eigenvalue weighted by atomic mass is 10.3. The summed E-state index contributed by atoms with van der Waals surface area (Å²) in [6.45, 7) is 0.385. The molecule has 122 valence electrons. The molecule has 0 aliphatic heterocycles. The van der Waals surface area contributed by atoms with Crippen molar-refractivity contribution in [2.45, 2.75) is 12.8 Å². The predicted molar refractivity (Wildman–Crippen MR) is 98.9 cm³/mol. The molecule has 2 aromatic rings. The number of carbonyl (C=O) groups excluding carboxylic acids is 1. The molecule has 0 spiro atoms. The van der Waals surface area contributed by atoms with E-state index in [9.17, 15) is 4.79 Å². The molecule has 0 aliphatic rings. The van der Waals surface area contributed by atoms with Crippen LogP contribution in [0.5, 0.6) is 5.75 Å². The summed E-state index contributed by atoms with van der Waals surface area (Å²) in [5, 5.41) is 4.91. The van der Waals surface area contributed by atoms with Crippen LogP contribution in [0.3, 0.4) is 0 Å². The number of carbonyl (C=O) groups is 1. The molecule has 8 heteroatoms. The van der Waals surface area contributed by atoms with E-state index in [2.05, 4.69) is 26.5 Å². The summed E-state index contributed by atoms with van der Waals surface area (Å²) in [6.07, 6.45) is 2.48. The standard InChI is InChI=1S/C15H13BrCl2N2O2S/c16-14-6-4-11(23-14)9-19-20-15(21)2-1-7-22-13-5-3-10(17)8-12(13)18/h3-6,8-9H,1-2,7H2,(H,20,21)/b19-9-. The van der Waals surface area contributed by atoms with Crippen molar-refractivity contribution >= 4 is 62.6 Å². The fourth-order valence-corrected chi connectivity index (χ4v) is 3.39. The first-order valence-corrected chi connectivity index (χ1v) is 9.06. The number of hydrogen-bond acceptors (Lipinski definition) is 4. The van der Waals surface area contributed by atoms with E-state index in [1.54, 1.807) is 24.4 Å². The Kier molecular flexibility index (Phi) is 7.36. The molecular formula is C15H13BrCl2N2O2S.